The molecular weight excluding hydrogens is 300 g/mol. The summed E-state index contributed by atoms with van der Waals surface area (Å²) in [6.07, 6.45) is 3.64. The molecule has 0 N–H and O–H groups in total. The highest BCUT2D eigenvalue weighted by Crippen LogP contribution is 2.54. The van der Waals surface area contributed by atoms with Crippen LogP contribution in [0.15, 0.2) is 58.1 Å². The van der Waals surface area contributed by atoms with Crippen LogP contribution in [0, 0.1) is 0 Å². The monoisotopic (exact) mass is 318 g/mol. The summed E-state index contributed by atoms with van der Waals surface area (Å²) >= 11 is 0. The summed E-state index contributed by atoms with van der Waals surface area (Å²) in [5.41, 5.74) is 3.20. The molecule has 120 valence electrons. The molecule has 2 aromatic carbocycles. The van der Waals surface area contributed by atoms with E-state index in [1.165, 1.54) is 11.3 Å². The molecule has 0 amide bonds. The molecular formula is C20H18N2O2. The minimum absolute atomic E-state index is 0.245. The fraction of sp³-hybridized carbons (Fsp3) is 0.250. The molecule has 0 saturated heterocycles. The van der Waals surface area contributed by atoms with Gasteiger partial charge in [0, 0.05) is 12.7 Å². The van der Waals surface area contributed by atoms with Crippen molar-refractivity contribution in [2.75, 3.05) is 11.9 Å². The number of fused-ring (bicyclic) bond motifs is 4. The minimum Gasteiger partial charge on any atom is -0.464 e. The Labute approximate surface area is 140 Å². The van der Waals surface area contributed by atoms with Gasteiger partial charge >= 0.3 is 0 Å². The number of likely N-dealkylation sites (N-methyl/N-ethyl adjacent to an activating group) is 1. The SMILES string of the molecule is CN1c2ccccc2C(C)(C)C12C=Nc1ccc3occc3c1O2. The Balaban J connectivity index is 1.75. The van der Waals surface area contributed by atoms with E-state index in [2.05, 4.69) is 50.1 Å². The summed E-state index contributed by atoms with van der Waals surface area (Å²) < 4.78 is 12.2. The first-order valence-electron chi connectivity index (χ1n) is 8.12. The van der Waals surface area contributed by atoms with E-state index in [1.54, 1.807) is 6.26 Å². The number of benzene rings is 2. The molecule has 24 heavy (non-hydrogen) atoms. The number of furan rings is 1. The summed E-state index contributed by atoms with van der Waals surface area (Å²) in [7, 11) is 2.07. The molecule has 0 saturated carbocycles. The third kappa shape index (κ3) is 1.42. The quantitative estimate of drug-likeness (QED) is 0.605. The summed E-state index contributed by atoms with van der Waals surface area (Å²) in [5, 5.41) is 0.962. The zero-order valence-corrected chi connectivity index (χ0v) is 13.9. The van der Waals surface area contributed by atoms with Crippen LogP contribution in [0.2, 0.25) is 0 Å². The molecule has 2 aliphatic heterocycles. The molecule has 0 aliphatic carbocycles. The van der Waals surface area contributed by atoms with Crippen LogP contribution in [0.3, 0.4) is 0 Å². The van der Waals surface area contributed by atoms with Crippen molar-refractivity contribution in [2.24, 2.45) is 4.99 Å². The number of aliphatic imine (C=N–C) groups is 1. The van der Waals surface area contributed by atoms with Gasteiger partial charge in [-0.1, -0.05) is 18.2 Å². The second-order valence-electron chi connectivity index (χ2n) is 7.00. The predicted octanol–water partition coefficient (Wildman–Crippen LogP) is 4.65. The first-order valence-corrected chi connectivity index (χ1v) is 8.12. The van der Waals surface area contributed by atoms with Gasteiger partial charge < -0.3 is 14.1 Å². The molecule has 1 aromatic heterocycles. The maximum Gasteiger partial charge on any atom is 0.228 e. The summed E-state index contributed by atoms with van der Waals surface area (Å²) in [5.74, 6) is 0.788. The van der Waals surface area contributed by atoms with Gasteiger partial charge in [-0.2, -0.15) is 0 Å². The van der Waals surface area contributed by atoms with Crippen LogP contribution in [0.25, 0.3) is 11.0 Å². The fourth-order valence-corrected chi connectivity index (χ4v) is 4.08. The average Bonchev–Trinajstić information content (AvgIpc) is 3.14. The minimum atomic E-state index is -0.658. The van der Waals surface area contributed by atoms with E-state index in [1.807, 2.05) is 24.4 Å². The Hall–Kier alpha value is -2.75. The van der Waals surface area contributed by atoms with Crippen molar-refractivity contribution in [3.63, 3.8) is 0 Å². The Morgan fingerprint density at radius 1 is 1.04 bits per heavy atom. The van der Waals surface area contributed by atoms with Gasteiger partial charge in [0.25, 0.3) is 0 Å². The lowest BCUT2D eigenvalue weighted by Crippen LogP contribution is -2.61. The van der Waals surface area contributed by atoms with Crippen molar-refractivity contribution in [1.29, 1.82) is 0 Å². The Bertz CT molecular complexity index is 1000. The summed E-state index contributed by atoms with van der Waals surface area (Å²) in [6, 6.07) is 14.3. The van der Waals surface area contributed by atoms with E-state index in [0.29, 0.717) is 0 Å². The summed E-state index contributed by atoms with van der Waals surface area (Å²) in [6.45, 7) is 4.42. The van der Waals surface area contributed by atoms with E-state index >= 15 is 0 Å². The number of hydrogen-bond acceptors (Lipinski definition) is 4. The van der Waals surface area contributed by atoms with Crippen molar-refractivity contribution in [2.45, 2.75) is 25.0 Å². The van der Waals surface area contributed by atoms with Gasteiger partial charge in [0.15, 0.2) is 5.75 Å². The van der Waals surface area contributed by atoms with Crippen LogP contribution in [0.5, 0.6) is 5.75 Å². The highest BCUT2D eigenvalue weighted by molar-refractivity contribution is 5.95. The van der Waals surface area contributed by atoms with Crippen molar-refractivity contribution in [3.8, 4) is 5.75 Å². The van der Waals surface area contributed by atoms with Crippen molar-refractivity contribution in [3.05, 3.63) is 54.3 Å². The highest BCUT2D eigenvalue weighted by Gasteiger charge is 2.58. The lowest BCUT2D eigenvalue weighted by molar-refractivity contribution is 0.0842. The van der Waals surface area contributed by atoms with Gasteiger partial charge in [0.1, 0.15) is 11.3 Å². The molecule has 3 heterocycles. The lowest BCUT2D eigenvalue weighted by Gasteiger charge is -2.44. The predicted molar refractivity (Wildman–Crippen MR) is 95.6 cm³/mol. The number of nitrogens with zero attached hydrogens (tertiary/aromatic N) is 2. The third-order valence-corrected chi connectivity index (χ3v) is 5.53. The number of anilines is 1. The lowest BCUT2D eigenvalue weighted by atomic mass is 9.77. The van der Waals surface area contributed by atoms with E-state index in [0.717, 1.165) is 22.4 Å². The van der Waals surface area contributed by atoms with Crippen LogP contribution in [0.4, 0.5) is 11.4 Å². The maximum absolute atomic E-state index is 6.68. The normalized spacial score (nSPS) is 23.4. The molecule has 0 radical (unpaired) electrons. The first-order chi connectivity index (χ1) is 11.5. The Morgan fingerprint density at radius 2 is 1.88 bits per heavy atom. The largest absolute Gasteiger partial charge is 0.464 e. The van der Waals surface area contributed by atoms with Crippen molar-refractivity contribution < 1.29 is 9.15 Å². The van der Waals surface area contributed by atoms with Crippen LogP contribution in [-0.2, 0) is 5.41 Å². The molecule has 2 aliphatic rings. The molecule has 3 aromatic rings. The molecule has 1 atom stereocenters. The van der Waals surface area contributed by atoms with E-state index in [-0.39, 0.29) is 5.41 Å². The van der Waals surface area contributed by atoms with Gasteiger partial charge in [-0.15, -0.1) is 0 Å². The molecule has 0 bridgehead atoms. The van der Waals surface area contributed by atoms with Crippen LogP contribution in [0.1, 0.15) is 19.4 Å². The van der Waals surface area contributed by atoms with Crippen LogP contribution in [-0.4, -0.2) is 19.0 Å². The summed E-state index contributed by atoms with van der Waals surface area (Å²) in [4.78, 5) is 6.94. The number of para-hydroxylation sites is 1. The van der Waals surface area contributed by atoms with Crippen LogP contribution >= 0.6 is 0 Å². The van der Waals surface area contributed by atoms with Gasteiger partial charge in [0.05, 0.1) is 23.3 Å². The van der Waals surface area contributed by atoms with Gasteiger partial charge in [0.2, 0.25) is 5.72 Å². The van der Waals surface area contributed by atoms with Crippen molar-refractivity contribution >= 4 is 28.6 Å². The maximum atomic E-state index is 6.68. The molecule has 4 heteroatoms. The highest BCUT2D eigenvalue weighted by atomic mass is 16.5. The number of rotatable bonds is 0. The topological polar surface area (TPSA) is 38.0 Å². The van der Waals surface area contributed by atoms with E-state index in [4.69, 9.17) is 14.1 Å². The fourth-order valence-electron chi connectivity index (χ4n) is 4.08. The van der Waals surface area contributed by atoms with Crippen LogP contribution < -0.4 is 9.64 Å². The smallest absolute Gasteiger partial charge is 0.228 e. The van der Waals surface area contributed by atoms with Crippen molar-refractivity contribution in [1.82, 2.24) is 0 Å². The average molecular weight is 318 g/mol. The van der Waals surface area contributed by atoms with E-state index < -0.39 is 5.72 Å². The Kier molecular flexibility index (Phi) is 2.39. The standard InChI is InChI=1S/C20H18N2O2/c1-19(2)14-6-4-5-7-16(14)22(3)20(19)12-21-15-8-9-17-13(10-11-23-17)18(15)24-20/h4-12H,1-3H3. The van der Waals surface area contributed by atoms with Gasteiger partial charge in [-0.05, 0) is 43.7 Å². The second-order valence-corrected chi connectivity index (χ2v) is 7.00. The molecule has 5 rings (SSSR count). The zero-order chi connectivity index (χ0) is 16.5. The molecule has 4 nitrogen and oxygen atoms in total. The second kappa shape index (κ2) is 4.20. The molecule has 1 unspecified atom stereocenters. The Morgan fingerprint density at radius 3 is 2.71 bits per heavy atom. The van der Waals surface area contributed by atoms with Gasteiger partial charge in [-0.25, -0.2) is 0 Å². The molecule has 0 fully saturated rings. The zero-order valence-electron chi connectivity index (χ0n) is 13.9. The van der Waals surface area contributed by atoms with Gasteiger partial charge in [-0.3, -0.25) is 4.99 Å². The van der Waals surface area contributed by atoms with E-state index in [9.17, 15) is 0 Å². The number of hydrogen-bond donors (Lipinski definition) is 0. The third-order valence-electron chi connectivity index (χ3n) is 5.53. The first kappa shape index (κ1) is 13.7. The molecule has 1 spiro atoms. The number of ether oxygens (including phenoxy) is 1.